The Balaban J connectivity index is 2.13. The Bertz CT molecular complexity index is 417. The molecule has 0 bridgehead atoms. The van der Waals surface area contributed by atoms with Gasteiger partial charge in [0.05, 0.1) is 0 Å². The van der Waals surface area contributed by atoms with Crippen LogP contribution in [-0.2, 0) is 0 Å². The number of rotatable bonds is 4. The SMILES string of the molecule is Cc1ccccc1C(C(C)N)N1CCC(C(C)C)CC1. The van der Waals surface area contributed by atoms with Gasteiger partial charge in [0.2, 0.25) is 0 Å². The van der Waals surface area contributed by atoms with Crippen LogP contribution in [0.5, 0.6) is 0 Å². The molecule has 2 atom stereocenters. The van der Waals surface area contributed by atoms with Gasteiger partial charge in [-0.3, -0.25) is 4.90 Å². The summed E-state index contributed by atoms with van der Waals surface area (Å²) in [6, 6.07) is 9.24. The van der Waals surface area contributed by atoms with Gasteiger partial charge in [-0.2, -0.15) is 0 Å². The lowest BCUT2D eigenvalue weighted by molar-refractivity contribution is 0.103. The van der Waals surface area contributed by atoms with E-state index in [0.29, 0.717) is 6.04 Å². The number of nitrogens with zero attached hydrogens (tertiary/aromatic N) is 1. The van der Waals surface area contributed by atoms with Gasteiger partial charge >= 0.3 is 0 Å². The van der Waals surface area contributed by atoms with Crippen LogP contribution >= 0.6 is 0 Å². The highest BCUT2D eigenvalue weighted by Gasteiger charge is 2.29. The standard InChI is InChI=1S/C18H30N2/c1-13(2)16-9-11-20(12-10-16)18(15(4)19)17-8-6-5-7-14(17)3/h5-8,13,15-16,18H,9-12,19H2,1-4H3. The van der Waals surface area contributed by atoms with Crippen molar-refractivity contribution >= 4 is 0 Å². The van der Waals surface area contributed by atoms with Crippen LogP contribution in [0.4, 0.5) is 0 Å². The number of likely N-dealkylation sites (tertiary alicyclic amines) is 1. The van der Waals surface area contributed by atoms with Crippen molar-refractivity contribution in [3.63, 3.8) is 0 Å². The summed E-state index contributed by atoms with van der Waals surface area (Å²) >= 11 is 0. The van der Waals surface area contributed by atoms with Crippen molar-refractivity contribution in [2.45, 2.75) is 52.6 Å². The van der Waals surface area contributed by atoms with Gasteiger partial charge in [0.25, 0.3) is 0 Å². The van der Waals surface area contributed by atoms with Gasteiger partial charge in [0, 0.05) is 12.1 Å². The molecule has 0 spiro atoms. The van der Waals surface area contributed by atoms with Crippen LogP contribution in [0, 0.1) is 18.8 Å². The molecule has 2 rings (SSSR count). The highest BCUT2D eigenvalue weighted by molar-refractivity contribution is 5.30. The zero-order valence-electron chi connectivity index (χ0n) is 13.5. The van der Waals surface area contributed by atoms with E-state index < -0.39 is 0 Å². The van der Waals surface area contributed by atoms with Crippen molar-refractivity contribution in [2.75, 3.05) is 13.1 Å². The largest absolute Gasteiger partial charge is 0.326 e. The maximum absolute atomic E-state index is 6.32. The lowest BCUT2D eigenvalue weighted by Gasteiger charge is -2.41. The van der Waals surface area contributed by atoms with Crippen molar-refractivity contribution in [1.29, 1.82) is 0 Å². The fourth-order valence-corrected chi connectivity index (χ4v) is 3.60. The van der Waals surface area contributed by atoms with Gasteiger partial charge < -0.3 is 5.73 Å². The maximum Gasteiger partial charge on any atom is 0.0499 e. The van der Waals surface area contributed by atoms with Gasteiger partial charge in [-0.1, -0.05) is 38.1 Å². The molecule has 1 heterocycles. The molecule has 2 N–H and O–H groups in total. The molecule has 0 aromatic heterocycles. The normalized spacial score (nSPS) is 21.1. The molecule has 0 radical (unpaired) electrons. The highest BCUT2D eigenvalue weighted by atomic mass is 15.2. The topological polar surface area (TPSA) is 29.3 Å². The first kappa shape index (κ1) is 15.5. The zero-order chi connectivity index (χ0) is 14.7. The summed E-state index contributed by atoms with van der Waals surface area (Å²) in [5.41, 5.74) is 9.09. The lowest BCUT2D eigenvalue weighted by atomic mass is 9.85. The van der Waals surface area contributed by atoms with Crippen LogP contribution < -0.4 is 5.73 Å². The first-order valence-electron chi connectivity index (χ1n) is 8.06. The van der Waals surface area contributed by atoms with E-state index in [9.17, 15) is 0 Å². The van der Waals surface area contributed by atoms with Gasteiger partial charge in [0.15, 0.2) is 0 Å². The molecule has 0 aliphatic carbocycles. The molecule has 1 aliphatic heterocycles. The van der Waals surface area contributed by atoms with Crippen LogP contribution in [0.2, 0.25) is 0 Å². The average Bonchev–Trinajstić information content (AvgIpc) is 2.41. The minimum Gasteiger partial charge on any atom is -0.326 e. The Hall–Kier alpha value is -0.860. The van der Waals surface area contributed by atoms with E-state index in [-0.39, 0.29) is 6.04 Å². The Morgan fingerprint density at radius 1 is 1.10 bits per heavy atom. The molecule has 1 aromatic rings. The smallest absolute Gasteiger partial charge is 0.0499 e. The molecule has 1 saturated heterocycles. The summed E-state index contributed by atoms with van der Waals surface area (Å²) in [5, 5.41) is 0. The summed E-state index contributed by atoms with van der Waals surface area (Å²) < 4.78 is 0. The molecule has 112 valence electrons. The molecular formula is C18H30N2. The van der Waals surface area contributed by atoms with E-state index in [1.165, 1.54) is 37.1 Å². The fourth-order valence-electron chi connectivity index (χ4n) is 3.60. The number of nitrogens with two attached hydrogens (primary N) is 1. The Morgan fingerprint density at radius 3 is 2.20 bits per heavy atom. The van der Waals surface area contributed by atoms with E-state index >= 15 is 0 Å². The molecule has 2 heteroatoms. The first-order valence-corrected chi connectivity index (χ1v) is 8.06. The summed E-state index contributed by atoms with van der Waals surface area (Å²) in [6.45, 7) is 11.4. The molecule has 2 nitrogen and oxygen atoms in total. The molecule has 2 unspecified atom stereocenters. The van der Waals surface area contributed by atoms with E-state index in [4.69, 9.17) is 5.73 Å². The van der Waals surface area contributed by atoms with Crippen molar-refractivity contribution in [3.8, 4) is 0 Å². The minimum absolute atomic E-state index is 0.173. The van der Waals surface area contributed by atoms with Crippen LogP contribution in [0.15, 0.2) is 24.3 Å². The van der Waals surface area contributed by atoms with Crippen molar-refractivity contribution < 1.29 is 0 Å². The summed E-state index contributed by atoms with van der Waals surface area (Å²) in [4.78, 5) is 2.60. The second-order valence-corrected chi connectivity index (χ2v) is 6.78. The predicted molar refractivity (Wildman–Crippen MR) is 86.7 cm³/mol. The van der Waals surface area contributed by atoms with Crippen molar-refractivity contribution in [1.82, 2.24) is 4.90 Å². The average molecular weight is 274 g/mol. The fraction of sp³-hybridized carbons (Fsp3) is 0.667. The van der Waals surface area contributed by atoms with E-state index in [1.807, 2.05) is 0 Å². The summed E-state index contributed by atoms with van der Waals surface area (Å²) in [7, 11) is 0. The second-order valence-electron chi connectivity index (χ2n) is 6.78. The Kier molecular flexibility index (Phi) is 5.22. The monoisotopic (exact) mass is 274 g/mol. The molecule has 20 heavy (non-hydrogen) atoms. The molecule has 1 aromatic carbocycles. The van der Waals surface area contributed by atoms with Gasteiger partial charge in [-0.15, -0.1) is 0 Å². The summed E-state index contributed by atoms with van der Waals surface area (Å²) in [5.74, 6) is 1.70. The molecular weight excluding hydrogens is 244 g/mol. The van der Waals surface area contributed by atoms with Gasteiger partial charge in [-0.05, 0) is 62.7 Å². The lowest BCUT2D eigenvalue weighted by Crippen LogP contribution is -2.44. The highest BCUT2D eigenvalue weighted by Crippen LogP contribution is 2.32. The molecule has 0 amide bonds. The van der Waals surface area contributed by atoms with Crippen molar-refractivity contribution in [3.05, 3.63) is 35.4 Å². The molecule has 1 fully saturated rings. The van der Waals surface area contributed by atoms with E-state index in [1.54, 1.807) is 0 Å². The zero-order valence-corrected chi connectivity index (χ0v) is 13.5. The molecule has 0 saturated carbocycles. The Labute approximate surface area is 124 Å². The third-order valence-corrected chi connectivity index (χ3v) is 4.92. The first-order chi connectivity index (χ1) is 9.50. The van der Waals surface area contributed by atoms with Gasteiger partial charge in [-0.25, -0.2) is 0 Å². The number of piperidine rings is 1. The quantitative estimate of drug-likeness (QED) is 0.906. The minimum atomic E-state index is 0.173. The molecule has 1 aliphatic rings. The van der Waals surface area contributed by atoms with Crippen LogP contribution in [0.3, 0.4) is 0 Å². The number of hydrogen-bond acceptors (Lipinski definition) is 2. The number of aryl methyl sites for hydroxylation is 1. The Morgan fingerprint density at radius 2 is 1.70 bits per heavy atom. The third kappa shape index (κ3) is 3.42. The van der Waals surface area contributed by atoms with Crippen LogP contribution in [0.25, 0.3) is 0 Å². The van der Waals surface area contributed by atoms with Crippen LogP contribution in [-0.4, -0.2) is 24.0 Å². The maximum atomic E-state index is 6.32. The number of hydrogen-bond donors (Lipinski definition) is 1. The predicted octanol–water partition coefficient (Wildman–Crippen LogP) is 3.75. The van der Waals surface area contributed by atoms with E-state index in [2.05, 4.69) is 56.9 Å². The van der Waals surface area contributed by atoms with E-state index in [0.717, 1.165) is 11.8 Å². The van der Waals surface area contributed by atoms with Crippen molar-refractivity contribution in [2.24, 2.45) is 17.6 Å². The second kappa shape index (κ2) is 6.73. The van der Waals surface area contributed by atoms with Crippen LogP contribution in [0.1, 0.15) is 50.8 Å². The van der Waals surface area contributed by atoms with Gasteiger partial charge in [0.1, 0.15) is 0 Å². The summed E-state index contributed by atoms with van der Waals surface area (Å²) in [6.07, 6.45) is 2.62. The number of benzene rings is 1. The third-order valence-electron chi connectivity index (χ3n) is 4.92.